The van der Waals surface area contributed by atoms with Gasteiger partial charge in [0, 0.05) is 16.6 Å². The number of carbonyl (C=O) groups excluding carboxylic acids is 1. The Kier molecular flexibility index (Phi) is 2.97. The predicted octanol–water partition coefficient (Wildman–Crippen LogP) is 4.07. The third-order valence-electron chi connectivity index (χ3n) is 2.90. The Morgan fingerprint density at radius 2 is 1.68 bits per heavy atom. The number of amides is 1. The van der Waals surface area contributed by atoms with Gasteiger partial charge in [0.1, 0.15) is 5.69 Å². The number of hydrogen-bond donors (Lipinski definition) is 2. The van der Waals surface area contributed by atoms with Crippen molar-refractivity contribution in [1.82, 2.24) is 4.98 Å². The topological polar surface area (TPSA) is 44.9 Å². The second-order valence-electron chi connectivity index (χ2n) is 4.18. The summed E-state index contributed by atoms with van der Waals surface area (Å²) >= 11 is 6.23. The molecule has 1 heterocycles. The molecule has 94 valence electrons. The van der Waals surface area contributed by atoms with Gasteiger partial charge in [-0.15, -0.1) is 0 Å². The van der Waals surface area contributed by atoms with Crippen LogP contribution in [0, 0.1) is 0 Å². The standard InChI is InChI=1S/C15H11ClN2O/c16-13-11-8-4-5-9-12(11)18-14(13)15(19)17-10-6-2-1-3-7-10/h1-9,18H,(H,17,19). The fourth-order valence-electron chi connectivity index (χ4n) is 1.98. The van der Waals surface area contributed by atoms with Crippen molar-refractivity contribution in [3.63, 3.8) is 0 Å². The summed E-state index contributed by atoms with van der Waals surface area (Å²) in [6.45, 7) is 0. The quantitative estimate of drug-likeness (QED) is 0.724. The third-order valence-corrected chi connectivity index (χ3v) is 3.29. The van der Waals surface area contributed by atoms with E-state index in [2.05, 4.69) is 10.3 Å². The minimum absolute atomic E-state index is 0.243. The highest BCUT2D eigenvalue weighted by atomic mass is 35.5. The van der Waals surface area contributed by atoms with E-state index in [0.29, 0.717) is 10.7 Å². The van der Waals surface area contributed by atoms with Crippen LogP contribution in [0.15, 0.2) is 54.6 Å². The molecule has 0 radical (unpaired) electrons. The average molecular weight is 271 g/mol. The number of anilines is 1. The van der Waals surface area contributed by atoms with E-state index in [1.165, 1.54) is 0 Å². The summed E-state index contributed by atoms with van der Waals surface area (Å²) in [7, 11) is 0. The van der Waals surface area contributed by atoms with Crippen LogP contribution in [0.4, 0.5) is 5.69 Å². The summed E-state index contributed by atoms with van der Waals surface area (Å²) < 4.78 is 0. The molecule has 0 aliphatic heterocycles. The zero-order valence-electron chi connectivity index (χ0n) is 9.98. The molecule has 0 aliphatic carbocycles. The number of para-hydroxylation sites is 2. The third kappa shape index (κ3) is 2.20. The van der Waals surface area contributed by atoms with Crippen LogP contribution in [0.5, 0.6) is 0 Å². The van der Waals surface area contributed by atoms with Crippen LogP contribution in [0.1, 0.15) is 10.5 Å². The number of carbonyl (C=O) groups is 1. The van der Waals surface area contributed by atoms with E-state index in [-0.39, 0.29) is 5.91 Å². The molecule has 0 aliphatic rings. The molecule has 0 fully saturated rings. The van der Waals surface area contributed by atoms with E-state index in [1.807, 2.05) is 54.6 Å². The molecule has 0 bridgehead atoms. The van der Waals surface area contributed by atoms with Crippen molar-refractivity contribution < 1.29 is 4.79 Å². The van der Waals surface area contributed by atoms with Gasteiger partial charge in [0.25, 0.3) is 5.91 Å². The number of rotatable bonds is 2. The van der Waals surface area contributed by atoms with Crippen molar-refractivity contribution in [2.45, 2.75) is 0 Å². The van der Waals surface area contributed by atoms with Gasteiger partial charge in [0.2, 0.25) is 0 Å². The number of nitrogens with one attached hydrogen (secondary N) is 2. The monoisotopic (exact) mass is 270 g/mol. The Hall–Kier alpha value is -2.26. The van der Waals surface area contributed by atoms with Gasteiger partial charge in [-0.3, -0.25) is 4.79 Å². The minimum atomic E-state index is -0.243. The first-order valence-corrected chi connectivity index (χ1v) is 6.26. The molecule has 3 nitrogen and oxygen atoms in total. The summed E-state index contributed by atoms with van der Waals surface area (Å²) in [5.74, 6) is -0.243. The molecular weight excluding hydrogens is 260 g/mol. The second kappa shape index (κ2) is 4.78. The maximum atomic E-state index is 12.2. The Balaban J connectivity index is 1.96. The Labute approximate surface area is 115 Å². The number of hydrogen-bond acceptors (Lipinski definition) is 1. The van der Waals surface area contributed by atoms with E-state index in [9.17, 15) is 4.79 Å². The van der Waals surface area contributed by atoms with Crippen molar-refractivity contribution in [2.24, 2.45) is 0 Å². The summed E-state index contributed by atoms with van der Waals surface area (Å²) in [5.41, 5.74) is 1.97. The Bertz CT molecular complexity index is 734. The molecule has 0 atom stereocenters. The fourth-order valence-corrected chi connectivity index (χ4v) is 2.28. The molecule has 3 rings (SSSR count). The normalized spacial score (nSPS) is 10.6. The molecular formula is C15H11ClN2O. The maximum absolute atomic E-state index is 12.2. The van der Waals surface area contributed by atoms with Gasteiger partial charge in [-0.25, -0.2) is 0 Å². The zero-order valence-corrected chi connectivity index (χ0v) is 10.7. The van der Waals surface area contributed by atoms with Crippen molar-refractivity contribution >= 4 is 34.1 Å². The number of fused-ring (bicyclic) bond motifs is 1. The Morgan fingerprint density at radius 3 is 2.42 bits per heavy atom. The van der Waals surface area contributed by atoms with E-state index in [0.717, 1.165) is 16.6 Å². The molecule has 1 amide bonds. The van der Waals surface area contributed by atoms with Crippen LogP contribution < -0.4 is 5.32 Å². The molecule has 4 heteroatoms. The highest BCUT2D eigenvalue weighted by molar-refractivity contribution is 6.39. The number of aromatic amines is 1. The van der Waals surface area contributed by atoms with Crippen molar-refractivity contribution in [1.29, 1.82) is 0 Å². The SMILES string of the molecule is O=C(Nc1ccccc1)c1[nH]c2ccccc2c1Cl. The predicted molar refractivity (Wildman–Crippen MR) is 77.7 cm³/mol. The maximum Gasteiger partial charge on any atom is 0.273 e. The van der Waals surface area contributed by atoms with Gasteiger partial charge >= 0.3 is 0 Å². The van der Waals surface area contributed by atoms with Crippen molar-refractivity contribution in [3.8, 4) is 0 Å². The zero-order chi connectivity index (χ0) is 13.2. The molecule has 1 aromatic heterocycles. The van der Waals surface area contributed by atoms with Crippen LogP contribution >= 0.6 is 11.6 Å². The first-order valence-electron chi connectivity index (χ1n) is 5.88. The average Bonchev–Trinajstić information content (AvgIpc) is 2.78. The lowest BCUT2D eigenvalue weighted by Crippen LogP contribution is -2.12. The molecule has 0 saturated heterocycles. The number of aromatic nitrogens is 1. The van der Waals surface area contributed by atoms with Crippen LogP contribution in [0.3, 0.4) is 0 Å². The summed E-state index contributed by atoms with van der Waals surface area (Å²) in [6.07, 6.45) is 0. The molecule has 19 heavy (non-hydrogen) atoms. The molecule has 0 saturated carbocycles. The lowest BCUT2D eigenvalue weighted by atomic mass is 10.2. The first-order chi connectivity index (χ1) is 9.25. The van der Waals surface area contributed by atoms with Crippen LogP contribution in [0.25, 0.3) is 10.9 Å². The summed E-state index contributed by atoms with van der Waals surface area (Å²) in [5, 5.41) is 4.10. The lowest BCUT2D eigenvalue weighted by molar-refractivity contribution is 0.102. The highest BCUT2D eigenvalue weighted by Gasteiger charge is 2.15. The van der Waals surface area contributed by atoms with Gasteiger partial charge in [-0.2, -0.15) is 0 Å². The lowest BCUT2D eigenvalue weighted by Gasteiger charge is -2.03. The number of halogens is 1. The minimum Gasteiger partial charge on any atom is -0.349 e. The van der Waals surface area contributed by atoms with E-state index in [1.54, 1.807) is 0 Å². The fraction of sp³-hybridized carbons (Fsp3) is 0. The molecule has 0 unspecified atom stereocenters. The van der Waals surface area contributed by atoms with E-state index < -0.39 is 0 Å². The second-order valence-corrected chi connectivity index (χ2v) is 4.56. The van der Waals surface area contributed by atoms with Gasteiger partial charge in [-0.1, -0.05) is 48.0 Å². The molecule has 2 aromatic carbocycles. The smallest absolute Gasteiger partial charge is 0.273 e. The first kappa shape index (κ1) is 11.8. The van der Waals surface area contributed by atoms with Crippen LogP contribution in [-0.2, 0) is 0 Å². The van der Waals surface area contributed by atoms with E-state index >= 15 is 0 Å². The van der Waals surface area contributed by atoms with Crippen LogP contribution in [0.2, 0.25) is 5.02 Å². The van der Waals surface area contributed by atoms with Gasteiger partial charge < -0.3 is 10.3 Å². The summed E-state index contributed by atoms with van der Waals surface area (Å²) in [6, 6.07) is 16.8. The van der Waals surface area contributed by atoms with E-state index in [4.69, 9.17) is 11.6 Å². The summed E-state index contributed by atoms with van der Waals surface area (Å²) in [4.78, 5) is 15.2. The Morgan fingerprint density at radius 1 is 1.00 bits per heavy atom. The number of benzene rings is 2. The number of H-pyrrole nitrogens is 1. The molecule has 0 spiro atoms. The van der Waals surface area contributed by atoms with Gasteiger partial charge in [0.15, 0.2) is 0 Å². The largest absolute Gasteiger partial charge is 0.349 e. The molecule has 2 N–H and O–H groups in total. The van der Waals surface area contributed by atoms with Crippen LogP contribution in [-0.4, -0.2) is 10.9 Å². The van der Waals surface area contributed by atoms with Gasteiger partial charge in [-0.05, 0) is 18.2 Å². The van der Waals surface area contributed by atoms with Crippen molar-refractivity contribution in [3.05, 3.63) is 65.3 Å². The van der Waals surface area contributed by atoms with Gasteiger partial charge in [0.05, 0.1) is 5.02 Å². The highest BCUT2D eigenvalue weighted by Crippen LogP contribution is 2.27. The molecule has 3 aromatic rings. The van der Waals surface area contributed by atoms with Crippen molar-refractivity contribution in [2.75, 3.05) is 5.32 Å².